The van der Waals surface area contributed by atoms with Crippen molar-refractivity contribution in [1.82, 2.24) is 14.3 Å². The van der Waals surface area contributed by atoms with E-state index in [0.29, 0.717) is 0 Å². The second-order valence-corrected chi connectivity index (χ2v) is 5.89. The van der Waals surface area contributed by atoms with Crippen LogP contribution in [0, 0.1) is 0 Å². The maximum Gasteiger partial charge on any atom is 0.0870 e. The summed E-state index contributed by atoms with van der Waals surface area (Å²) in [6, 6.07) is 12.0. The van der Waals surface area contributed by atoms with Gasteiger partial charge in [-0.05, 0) is 43.9 Å². The first-order chi connectivity index (χ1) is 10.6. The summed E-state index contributed by atoms with van der Waals surface area (Å²) in [7, 11) is 4.14. The number of hydrogen-bond acceptors (Lipinski definition) is 2. The van der Waals surface area contributed by atoms with Crippen LogP contribution in [0.15, 0.2) is 48.8 Å². The molecule has 0 spiro atoms. The van der Waals surface area contributed by atoms with Crippen LogP contribution in [-0.4, -0.2) is 28.4 Å². The van der Waals surface area contributed by atoms with Crippen LogP contribution in [0.1, 0.15) is 17.0 Å². The number of aromatic nitrogens is 2. The van der Waals surface area contributed by atoms with Gasteiger partial charge in [0.05, 0.1) is 11.2 Å². The first-order valence-corrected chi connectivity index (χ1v) is 7.55. The molecule has 3 aromatic rings. The van der Waals surface area contributed by atoms with E-state index in [4.69, 9.17) is 11.6 Å². The Morgan fingerprint density at radius 1 is 1.14 bits per heavy atom. The van der Waals surface area contributed by atoms with Crippen LogP contribution < -0.4 is 0 Å². The lowest BCUT2D eigenvalue weighted by Crippen LogP contribution is -2.12. The van der Waals surface area contributed by atoms with Crippen molar-refractivity contribution in [3.05, 3.63) is 70.8 Å². The van der Waals surface area contributed by atoms with E-state index in [9.17, 15) is 0 Å². The van der Waals surface area contributed by atoms with Crippen LogP contribution in [0.4, 0.5) is 0 Å². The Balaban J connectivity index is 1.98. The molecular formula is C18H18ClN3. The van der Waals surface area contributed by atoms with E-state index >= 15 is 0 Å². The molecule has 2 heterocycles. The summed E-state index contributed by atoms with van der Waals surface area (Å²) < 4.78 is 2.18. The van der Waals surface area contributed by atoms with Crippen molar-refractivity contribution in [2.75, 3.05) is 14.1 Å². The summed E-state index contributed by atoms with van der Waals surface area (Å²) in [4.78, 5) is 6.63. The molecule has 0 radical (unpaired) electrons. The lowest BCUT2D eigenvalue weighted by atomic mass is 10.2. The smallest absolute Gasteiger partial charge is 0.0870 e. The molecule has 0 aliphatic carbocycles. The summed E-state index contributed by atoms with van der Waals surface area (Å²) in [5.41, 5.74) is 4.28. The molecule has 0 aliphatic heterocycles. The van der Waals surface area contributed by atoms with Gasteiger partial charge in [0.25, 0.3) is 0 Å². The number of rotatable bonds is 4. The van der Waals surface area contributed by atoms with Crippen molar-refractivity contribution >= 4 is 29.3 Å². The fourth-order valence-corrected chi connectivity index (χ4v) is 2.68. The lowest BCUT2D eigenvalue weighted by Gasteiger charge is -2.10. The van der Waals surface area contributed by atoms with Gasteiger partial charge in [-0.15, -0.1) is 0 Å². The van der Waals surface area contributed by atoms with E-state index in [0.717, 1.165) is 28.3 Å². The van der Waals surface area contributed by atoms with Crippen molar-refractivity contribution in [1.29, 1.82) is 0 Å². The Morgan fingerprint density at radius 2 is 1.95 bits per heavy atom. The van der Waals surface area contributed by atoms with E-state index in [1.165, 1.54) is 5.69 Å². The quantitative estimate of drug-likeness (QED) is 0.719. The van der Waals surface area contributed by atoms with Crippen LogP contribution in [-0.2, 0) is 6.54 Å². The van der Waals surface area contributed by atoms with Crippen LogP contribution in [0.3, 0.4) is 0 Å². The number of halogens is 1. The highest BCUT2D eigenvalue weighted by atomic mass is 35.5. The Morgan fingerprint density at radius 3 is 2.73 bits per heavy atom. The van der Waals surface area contributed by atoms with Crippen LogP contribution in [0.5, 0.6) is 0 Å². The molecule has 3 rings (SSSR count). The number of hydrogen-bond donors (Lipinski definition) is 0. The fourth-order valence-electron chi connectivity index (χ4n) is 2.48. The van der Waals surface area contributed by atoms with Crippen molar-refractivity contribution in [2.45, 2.75) is 6.54 Å². The Bertz CT molecular complexity index is 818. The minimum absolute atomic E-state index is 0.745. The zero-order valence-electron chi connectivity index (χ0n) is 12.7. The molecule has 22 heavy (non-hydrogen) atoms. The SMILES string of the molecule is CN(C)Cc1ccc2c(/C=C/c3ccccc3Cl)nccn12. The molecule has 0 amide bonds. The average molecular weight is 312 g/mol. The highest BCUT2D eigenvalue weighted by Gasteiger charge is 2.06. The van der Waals surface area contributed by atoms with Gasteiger partial charge in [-0.25, -0.2) is 0 Å². The van der Waals surface area contributed by atoms with Gasteiger partial charge in [-0.2, -0.15) is 0 Å². The van der Waals surface area contributed by atoms with Crippen LogP contribution >= 0.6 is 11.6 Å². The molecule has 2 aromatic heterocycles. The molecule has 1 aromatic carbocycles. The second kappa shape index (κ2) is 6.34. The third kappa shape index (κ3) is 3.06. The largest absolute Gasteiger partial charge is 0.316 e. The van der Waals surface area contributed by atoms with Gasteiger partial charge >= 0.3 is 0 Å². The van der Waals surface area contributed by atoms with Gasteiger partial charge in [0.15, 0.2) is 0 Å². The van der Waals surface area contributed by atoms with E-state index in [-0.39, 0.29) is 0 Å². The average Bonchev–Trinajstić information content (AvgIpc) is 2.90. The van der Waals surface area contributed by atoms with Crippen molar-refractivity contribution < 1.29 is 0 Å². The molecule has 0 fully saturated rings. The normalized spacial score (nSPS) is 11.8. The maximum absolute atomic E-state index is 6.19. The summed E-state index contributed by atoms with van der Waals surface area (Å²) in [6.45, 7) is 0.895. The van der Waals surface area contributed by atoms with E-state index in [1.54, 1.807) is 0 Å². The Kier molecular flexibility index (Phi) is 4.27. The molecule has 0 bridgehead atoms. The Hall–Kier alpha value is -2.10. The van der Waals surface area contributed by atoms with Crippen molar-refractivity contribution in [2.24, 2.45) is 0 Å². The predicted molar refractivity (Wildman–Crippen MR) is 93.0 cm³/mol. The summed E-state index contributed by atoms with van der Waals surface area (Å²) in [5.74, 6) is 0. The van der Waals surface area contributed by atoms with Gasteiger partial charge in [0.1, 0.15) is 0 Å². The van der Waals surface area contributed by atoms with E-state index < -0.39 is 0 Å². The van der Waals surface area contributed by atoms with Crippen LogP contribution in [0.25, 0.3) is 17.7 Å². The molecule has 0 aliphatic rings. The summed E-state index contributed by atoms with van der Waals surface area (Å²) in [5, 5.41) is 0.745. The maximum atomic E-state index is 6.19. The van der Waals surface area contributed by atoms with E-state index in [2.05, 4.69) is 40.5 Å². The molecule has 0 atom stereocenters. The fraction of sp³-hybridized carbons (Fsp3) is 0.167. The molecule has 0 N–H and O–H groups in total. The van der Waals surface area contributed by atoms with Gasteiger partial charge in [0, 0.05) is 29.7 Å². The lowest BCUT2D eigenvalue weighted by molar-refractivity contribution is 0.395. The molecule has 3 nitrogen and oxygen atoms in total. The molecule has 4 heteroatoms. The van der Waals surface area contributed by atoms with Crippen LogP contribution in [0.2, 0.25) is 5.02 Å². The first kappa shape index (κ1) is 14.8. The molecule has 112 valence electrons. The highest BCUT2D eigenvalue weighted by molar-refractivity contribution is 6.32. The third-order valence-electron chi connectivity index (χ3n) is 3.50. The zero-order valence-corrected chi connectivity index (χ0v) is 13.5. The molecule has 0 saturated carbocycles. The topological polar surface area (TPSA) is 20.5 Å². The Labute approximate surface area is 135 Å². The first-order valence-electron chi connectivity index (χ1n) is 7.17. The monoisotopic (exact) mass is 311 g/mol. The highest BCUT2D eigenvalue weighted by Crippen LogP contribution is 2.20. The van der Waals surface area contributed by atoms with Gasteiger partial charge in [-0.3, -0.25) is 4.98 Å². The number of benzene rings is 1. The number of nitrogens with zero attached hydrogens (tertiary/aromatic N) is 3. The minimum atomic E-state index is 0.745. The summed E-state index contributed by atoms with van der Waals surface area (Å²) in [6.07, 6.45) is 7.85. The number of fused-ring (bicyclic) bond motifs is 1. The van der Waals surface area contributed by atoms with E-state index in [1.807, 2.05) is 48.8 Å². The van der Waals surface area contributed by atoms with Crippen molar-refractivity contribution in [3.8, 4) is 0 Å². The second-order valence-electron chi connectivity index (χ2n) is 5.49. The van der Waals surface area contributed by atoms with Gasteiger partial charge < -0.3 is 9.30 Å². The van der Waals surface area contributed by atoms with Crippen molar-refractivity contribution in [3.63, 3.8) is 0 Å². The van der Waals surface area contributed by atoms with Gasteiger partial charge in [0.2, 0.25) is 0 Å². The zero-order chi connectivity index (χ0) is 15.5. The third-order valence-corrected chi connectivity index (χ3v) is 3.84. The molecule has 0 saturated heterocycles. The standard InChI is InChI=1S/C18H18ClN3/c1-21(2)13-15-8-10-18-17(20-11-12-22(15)18)9-7-14-5-3-4-6-16(14)19/h3-12H,13H2,1-2H3/b9-7+. The van der Waals surface area contributed by atoms with Gasteiger partial charge in [-0.1, -0.05) is 35.9 Å². The molecule has 0 unspecified atom stereocenters. The predicted octanol–water partition coefficient (Wildman–Crippen LogP) is 4.22. The minimum Gasteiger partial charge on any atom is -0.316 e. The molecular weight excluding hydrogens is 294 g/mol. The summed E-state index contributed by atoms with van der Waals surface area (Å²) >= 11 is 6.19.